The van der Waals surface area contributed by atoms with Crippen molar-refractivity contribution in [3.8, 4) is 11.4 Å². The summed E-state index contributed by atoms with van der Waals surface area (Å²) in [5.74, 6) is -0.527. The first kappa shape index (κ1) is 27.6. The van der Waals surface area contributed by atoms with Gasteiger partial charge in [-0.3, -0.25) is 4.98 Å². The van der Waals surface area contributed by atoms with Gasteiger partial charge in [0.2, 0.25) is 0 Å². The minimum Gasteiger partial charge on any atom is -0.378 e. The van der Waals surface area contributed by atoms with Gasteiger partial charge in [0.25, 0.3) is 0 Å². The molecule has 0 spiro atoms. The quantitative estimate of drug-likeness (QED) is 0.307. The van der Waals surface area contributed by atoms with Gasteiger partial charge in [0.15, 0.2) is 0 Å². The highest BCUT2D eigenvalue weighted by atomic mass is 19.1. The first-order chi connectivity index (χ1) is 19.6. The summed E-state index contributed by atoms with van der Waals surface area (Å²) in [6.07, 6.45) is 6.58. The van der Waals surface area contributed by atoms with Crippen LogP contribution in [0.4, 0.5) is 26.0 Å². The van der Waals surface area contributed by atoms with Crippen molar-refractivity contribution < 1.29 is 13.5 Å². The van der Waals surface area contributed by atoms with E-state index in [0.717, 1.165) is 61.3 Å². The van der Waals surface area contributed by atoms with Gasteiger partial charge in [0.1, 0.15) is 17.5 Å². The van der Waals surface area contributed by atoms with Gasteiger partial charge < -0.3 is 20.3 Å². The summed E-state index contributed by atoms with van der Waals surface area (Å²) in [6.45, 7) is 10.3. The molecule has 2 aliphatic rings. The summed E-state index contributed by atoms with van der Waals surface area (Å²) in [5.41, 5.74) is 5.59. The van der Waals surface area contributed by atoms with Crippen molar-refractivity contribution in [2.75, 3.05) is 49.6 Å². The monoisotopic (exact) mass is 544 g/mol. The smallest absolute Gasteiger partial charge is 0.137 e. The van der Waals surface area contributed by atoms with Crippen molar-refractivity contribution >= 4 is 33.7 Å². The number of hydrogen-bond acceptors (Lipinski definition) is 7. The van der Waals surface area contributed by atoms with E-state index in [1.807, 2.05) is 51.2 Å². The van der Waals surface area contributed by atoms with Crippen LogP contribution in [0.2, 0.25) is 0 Å². The van der Waals surface area contributed by atoms with Crippen molar-refractivity contribution in [1.82, 2.24) is 20.3 Å². The van der Waals surface area contributed by atoms with Crippen molar-refractivity contribution in [1.29, 1.82) is 0 Å². The van der Waals surface area contributed by atoms with E-state index in [2.05, 4.69) is 31.6 Å². The highest BCUT2D eigenvalue weighted by molar-refractivity contribution is 5.99. The van der Waals surface area contributed by atoms with Crippen LogP contribution in [0.15, 0.2) is 54.9 Å². The number of fused-ring (bicyclic) bond motifs is 1. The molecule has 0 radical (unpaired) electrons. The molecular weight excluding hydrogens is 510 g/mol. The maximum atomic E-state index is 15.4. The fourth-order valence-corrected chi connectivity index (χ4v) is 5.09. The topological polar surface area (TPSA) is 75.2 Å². The van der Waals surface area contributed by atoms with Gasteiger partial charge in [-0.05, 0) is 37.6 Å². The Hall–Kier alpha value is -3.95. The van der Waals surface area contributed by atoms with E-state index < -0.39 is 11.6 Å². The number of halogens is 2. The van der Waals surface area contributed by atoms with E-state index in [4.69, 9.17) is 9.72 Å². The number of nitrogens with one attached hydrogen (secondary N) is 2. The Labute approximate surface area is 233 Å². The first-order valence-corrected chi connectivity index (χ1v) is 13.8. The molecule has 0 amide bonds. The molecule has 4 aromatic rings. The summed E-state index contributed by atoms with van der Waals surface area (Å²) >= 11 is 0. The van der Waals surface area contributed by atoms with Crippen molar-refractivity contribution in [2.24, 2.45) is 0 Å². The minimum absolute atomic E-state index is 0.223. The third-order valence-corrected chi connectivity index (χ3v) is 7.05. The molecule has 0 saturated carbocycles. The maximum absolute atomic E-state index is 15.4. The fourth-order valence-electron chi connectivity index (χ4n) is 5.09. The van der Waals surface area contributed by atoms with Gasteiger partial charge in [-0.15, -0.1) is 0 Å². The molecule has 1 saturated heterocycles. The van der Waals surface area contributed by atoms with Crippen LogP contribution in [0, 0.1) is 18.6 Å². The molecular formula is C31H34F2N6O. The second kappa shape index (κ2) is 12.5. The molecule has 0 atom stereocenters. The number of anilines is 3. The highest BCUT2D eigenvalue weighted by Crippen LogP contribution is 2.39. The van der Waals surface area contributed by atoms with E-state index in [1.54, 1.807) is 6.20 Å². The lowest BCUT2D eigenvalue weighted by molar-refractivity contribution is 0.122. The summed E-state index contributed by atoms with van der Waals surface area (Å²) in [5, 5.41) is 7.13. The molecule has 3 aromatic heterocycles. The third-order valence-electron chi connectivity index (χ3n) is 7.05. The predicted octanol–water partition coefficient (Wildman–Crippen LogP) is 6.26. The molecule has 9 heteroatoms. The van der Waals surface area contributed by atoms with Crippen molar-refractivity contribution in [2.45, 2.75) is 27.2 Å². The molecule has 1 aromatic carbocycles. The number of ether oxygens (including phenoxy) is 1. The molecule has 1 fully saturated rings. The normalized spacial score (nSPS) is 15.3. The van der Waals surface area contributed by atoms with Crippen LogP contribution in [0.5, 0.6) is 0 Å². The summed E-state index contributed by atoms with van der Waals surface area (Å²) in [4.78, 5) is 16.1. The molecule has 0 unspecified atom stereocenters. The standard InChI is InChI=1S/C29H28F2N6O.C2H6/c1-18-28(23-4-2-3-7-33-23)36-25-15-20(30)14-22(31)27(25)29(18)35-24-16-26(37-10-12-38-13-11-37)34-17-21(24)19-5-8-32-9-6-19;1-2/h2-5,7,14-17,32H,6,8-13H2,1H3,(H,34,35,36);1-2H3. The zero-order valence-electron chi connectivity index (χ0n) is 23.1. The van der Waals surface area contributed by atoms with Gasteiger partial charge in [-0.2, -0.15) is 0 Å². The predicted molar refractivity (Wildman–Crippen MR) is 157 cm³/mol. The Balaban J connectivity index is 0.00000158. The average molecular weight is 545 g/mol. The van der Waals surface area contributed by atoms with E-state index in [-0.39, 0.29) is 10.9 Å². The van der Waals surface area contributed by atoms with Gasteiger partial charge in [-0.25, -0.2) is 18.7 Å². The molecule has 2 N–H and O–H groups in total. The summed E-state index contributed by atoms with van der Waals surface area (Å²) in [6, 6.07) is 9.70. The van der Waals surface area contributed by atoms with E-state index in [1.165, 1.54) is 11.6 Å². The lowest BCUT2D eigenvalue weighted by atomic mass is 9.99. The van der Waals surface area contributed by atoms with Gasteiger partial charge >= 0.3 is 0 Å². The second-order valence-corrected chi connectivity index (χ2v) is 9.45. The zero-order chi connectivity index (χ0) is 28.1. The van der Waals surface area contributed by atoms with Crippen molar-refractivity contribution in [3.63, 3.8) is 0 Å². The SMILES string of the molecule is CC.Cc1c(-c2ccccn2)nc2cc(F)cc(F)c2c1Nc1cc(N2CCOCC2)ncc1C1=CCNCC1. The van der Waals surface area contributed by atoms with Crippen LogP contribution in [0.1, 0.15) is 31.4 Å². The van der Waals surface area contributed by atoms with E-state index >= 15 is 4.39 Å². The van der Waals surface area contributed by atoms with Crippen LogP contribution >= 0.6 is 0 Å². The fraction of sp³-hybridized carbons (Fsp3) is 0.323. The molecule has 6 rings (SSSR count). The Morgan fingerprint density at radius 1 is 1.05 bits per heavy atom. The molecule has 0 bridgehead atoms. The van der Waals surface area contributed by atoms with Crippen LogP contribution in [-0.2, 0) is 4.74 Å². The van der Waals surface area contributed by atoms with Crippen LogP contribution in [-0.4, -0.2) is 54.3 Å². The zero-order valence-corrected chi connectivity index (χ0v) is 23.1. The molecule has 2 aliphatic heterocycles. The van der Waals surface area contributed by atoms with Gasteiger partial charge in [0, 0.05) is 61.4 Å². The Kier molecular flexibility index (Phi) is 8.62. The molecule has 40 heavy (non-hydrogen) atoms. The van der Waals surface area contributed by atoms with Gasteiger partial charge in [-0.1, -0.05) is 26.0 Å². The average Bonchev–Trinajstić information content (AvgIpc) is 3.00. The number of aromatic nitrogens is 3. The lowest BCUT2D eigenvalue weighted by Gasteiger charge is -2.29. The minimum atomic E-state index is -0.677. The number of rotatable bonds is 5. The number of hydrogen-bond donors (Lipinski definition) is 2. The highest BCUT2D eigenvalue weighted by Gasteiger charge is 2.22. The largest absolute Gasteiger partial charge is 0.378 e. The lowest BCUT2D eigenvalue weighted by Crippen LogP contribution is -2.36. The number of nitrogens with zero attached hydrogens (tertiary/aromatic N) is 4. The van der Waals surface area contributed by atoms with Crippen molar-refractivity contribution in [3.05, 3.63) is 77.6 Å². The molecule has 208 valence electrons. The molecule has 7 nitrogen and oxygen atoms in total. The molecule has 0 aliphatic carbocycles. The second-order valence-electron chi connectivity index (χ2n) is 9.45. The van der Waals surface area contributed by atoms with Crippen LogP contribution in [0.25, 0.3) is 27.9 Å². The molecule has 5 heterocycles. The Morgan fingerprint density at radius 3 is 2.60 bits per heavy atom. The maximum Gasteiger partial charge on any atom is 0.137 e. The Morgan fingerprint density at radius 2 is 1.88 bits per heavy atom. The van der Waals surface area contributed by atoms with E-state index in [9.17, 15) is 4.39 Å². The van der Waals surface area contributed by atoms with Gasteiger partial charge in [0.05, 0.1) is 46.9 Å². The van der Waals surface area contributed by atoms with E-state index in [0.29, 0.717) is 30.3 Å². The number of pyridine rings is 3. The van der Waals surface area contributed by atoms with Crippen LogP contribution in [0.3, 0.4) is 0 Å². The first-order valence-electron chi connectivity index (χ1n) is 13.8. The van der Waals surface area contributed by atoms with Crippen LogP contribution < -0.4 is 15.5 Å². The number of morpholine rings is 1. The summed E-state index contributed by atoms with van der Waals surface area (Å²) in [7, 11) is 0. The number of benzene rings is 1. The summed E-state index contributed by atoms with van der Waals surface area (Å²) < 4.78 is 35.2. The third kappa shape index (κ3) is 5.66. The Bertz CT molecular complexity index is 1520.